The first kappa shape index (κ1) is 18.8. The average molecular weight is 309 g/mol. The SMILES string of the molecule is COCCNCC(=O)N(C)Cc1ccc(F)cc1F.Cl. The number of amides is 1. The zero-order valence-corrected chi connectivity index (χ0v) is 12.3. The van der Waals surface area contributed by atoms with Gasteiger partial charge in [-0.1, -0.05) is 6.07 Å². The lowest BCUT2D eigenvalue weighted by molar-refractivity contribution is -0.129. The average Bonchev–Trinajstić information content (AvgIpc) is 2.37. The predicted molar refractivity (Wildman–Crippen MR) is 74.8 cm³/mol. The van der Waals surface area contributed by atoms with Crippen LogP contribution in [0.2, 0.25) is 0 Å². The highest BCUT2D eigenvalue weighted by Crippen LogP contribution is 2.11. The van der Waals surface area contributed by atoms with E-state index in [0.717, 1.165) is 6.07 Å². The quantitative estimate of drug-likeness (QED) is 0.778. The van der Waals surface area contributed by atoms with E-state index in [0.29, 0.717) is 13.2 Å². The number of hydrogen-bond donors (Lipinski definition) is 1. The van der Waals surface area contributed by atoms with Gasteiger partial charge in [0.25, 0.3) is 0 Å². The van der Waals surface area contributed by atoms with Gasteiger partial charge in [-0.05, 0) is 6.07 Å². The molecule has 114 valence electrons. The summed E-state index contributed by atoms with van der Waals surface area (Å²) in [5.74, 6) is -1.44. The summed E-state index contributed by atoms with van der Waals surface area (Å²) >= 11 is 0. The third-order valence-electron chi connectivity index (χ3n) is 2.61. The monoisotopic (exact) mass is 308 g/mol. The minimum absolute atomic E-state index is 0. The minimum atomic E-state index is -0.646. The Labute approximate surface area is 123 Å². The molecule has 0 aromatic heterocycles. The highest BCUT2D eigenvalue weighted by atomic mass is 35.5. The Kier molecular flexibility index (Phi) is 9.03. The number of carbonyl (C=O) groups excluding carboxylic acids is 1. The third kappa shape index (κ3) is 6.27. The lowest BCUT2D eigenvalue weighted by Gasteiger charge is -2.18. The molecule has 1 rings (SSSR count). The molecule has 0 aliphatic heterocycles. The summed E-state index contributed by atoms with van der Waals surface area (Å²) in [5, 5.41) is 2.91. The van der Waals surface area contributed by atoms with Crippen LogP contribution in [0.25, 0.3) is 0 Å². The van der Waals surface area contributed by atoms with Crippen LogP contribution in [0, 0.1) is 11.6 Å². The van der Waals surface area contributed by atoms with Crippen LogP contribution >= 0.6 is 12.4 Å². The topological polar surface area (TPSA) is 41.6 Å². The first-order chi connectivity index (χ1) is 9.04. The first-order valence-electron chi connectivity index (χ1n) is 5.92. The normalized spacial score (nSPS) is 10.0. The van der Waals surface area contributed by atoms with Crippen LogP contribution in [0.5, 0.6) is 0 Å². The minimum Gasteiger partial charge on any atom is -0.383 e. The van der Waals surface area contributed by atoms with Crippen molar-refractivity contribution < 1.29 is 18.3 Å². The van der Waals surface area contributed by atoms with E-state index < -0.39 is 11.6 Å². The number of carbonyl (C=O) groups is 1. The van der Waals surface area contributed by atoms with E-state index in [1.807, 2.05) is 0 Å². The Morgan fingerprint density at radius 2 is 2.10 bits per heavy atom. The van der Waals surface area contributed by atoms with Crippen molar-refractivity contribution in [2.75, 3.05) is 33.9 Å². The molecule has 0 aliphatic carbocycles. The second kappa shape index (κ2) is 9.63. The molecule has 0 atom stereocenters. The van der Waals surface area contributed by atoms with Crippen LogP contribution in [-0.2, 0) is 16.1 Å². The summed E-state index contributed by atoms with van der Waals surface area (Å²) in [5.41, 5.74) is 0.286. The molecule has 0 saturated heterocycles. The molecule has 0 saturated carbocycles. The molecule has 0 aliphatic rings. The van der Waals surface area contributed by atoms with Crippen LogP contribution in [0.15, 0.2) is 18.2 Å². The Hall–Kier alpha value is -1.24. The fourth-order valence-electron chi connectivity index (χ4n) is 1.50. The van der Waals surface area contributed by atoms with Crippen LogP contribution in [0.1, 0.15) is 5.56 Å². The Balaban J connectivity index is 0.00000361. The third-order valence-corrected chi connectivity index (χ3v) is 2.61. The molecular formula is C13H19ClF2N2O2. The van der Waals surface area contributed by atoms with Crippen molar-refractivity contribution in [3.63, 3.8) is 0 Å². The van der Waals surface area contributed by atoms with Gasteiger partial charge >= 0.3 is 0 Å². The van der Waals surface area contributed by atoms with Crippen molar-refractivity contribution in [3.05, 3.63) is 35.4 Å². The van der Waals surface area contributed by atoms with Crippen molar-refractivity contribution in [1.82, 2.24) is 10.2 Å². The number of nitrogens with one attached hydrogen (secondary N) is 1. The van der Waals surface area contributed by atoms with E-state index in [1.165, 1.54) is 17.0 Å². The molecular weight excluding hydrogens is 290 g/mol. The maximum atomic E-state index is 13.4. The summed E-state index contributed by atoms with van der Waals surface area (Å²) in [6.45, 7) is 1.35. The largest absolute Gasteiger partial charge is 0.383 e. The van der Waals surface area contributed by atoms with E-state index in [1.54, 1.807) is 14.2 Å². The maximum Gasteiger partial charge on any atom is 0.236 e. The molecule has 0 bridgehead atoms. The highest BCUT2D eigenvalue weighted by molar-refractivity contribution is 5.85. The van der Waals surface area contributed by atoms with Crippen LogP contribution < -0.4 is 5.32 Å². The lowest BCUT2D eigenvalue weighted by Crippen LogP contribution is -2.36. The molecule has 4 nitrogen and oxygen atoms in total. The second-order valence-corrected chi connectivity index (χ2v) is 4.16. The van der Waals surface area contributed by atoms with Gasteiger partial charge in [-0.2, -0.15) is 0 Å². The number of halogens is 3. The van der Waals surface area contributed by atoms with Crippen molar-refractivity contribution >= 4 is 18.3 Å². The molecule has 0 heterocycles. The maximum absolute atomic E-state index is 13.4. The summed E-state index contributed by atoms with van der Waals surface area (Å²) in [7, 11) is 3.15. The van der Waals surface area contributed by atoms with E-state index in [9.17, 15) is 13.6 Å². The summed E-state index contributed by atoms with van der Waals surface area (Å²) < 4.78 is 31.0. The molecule has 1 amide bonds. The number of rotatable bonds is 7. The highest BCUT2D eigenvalue weighted by Gasteiger charge is 2.11. The van der Waals surface area contributed by atoms with Gasteiger partial charge in [-0.25, -0.2) is 8.78 Å². The van der Waals surface area contributed by atoms with Crippen LogP contribution in [0.3, 0.4) is 0 Å². The fraction of sp³-hybridized carbons (Fsp3) is 0.462. The Morgan fingerprint density at radius 3 is 2.70 bits per heavy atom. The van der Waals surface area contributed by atoms with E-state index >= 15 is 0 Å². The zero-order valence-electron chi connectivity index (χ0n) is 11.5. The number of methoxy groups -OCH3 is 1. The molecule has 7 heteroatoms. The molecule has 0 unspecified atom stereocenters. The summed E-state index contributed by atoms with van der Waals surface area (Å²) in [4.78, 5) is 13.1. The summed E-state index contributed by atoms with van der Waals surface area (Å²) in [6.07, 6.45) is 0. The molecule has 20 heavy (non-hydrogen) atoms. The number of benzene rings is 1. The standard InChI is InChI=1S/C13H18F2N2O2.ClH/c1-17(13(18)8-16-5-6-19-2)9-10-3-4-11(14)7-12(10)15;/h3-4,7,16H,5-6,8-9H2,1-2H3;1H. The number of hydrogen-bond acceptors (Lipinski definition) is 3. The van der Waals surface area contributed by atoms with Gasteiger partial charge in [0.2, 0.25) is 5.91 Å². The van der Waals surface area contributed by atoms with E-state index in [4.69, 9.17) is 4.74 Å². The zero-order chi connectivity index (χ0) is 14.3. The molecule has 0 fully saturated rings. The van der Waals surface area contributed by atoms with Crippen molar-refractivity contribution in [3.8, 4) is 0 Å². The number of ether oxygens (including phenoxy) is 1. The molecule has 1 N–H and O–H groups in total. The number of likely N-dealkylation sites (N-methyl/N-ethyl adjacent to an activating group) is 1. The lowest BCUT2D eigenvalue weighted by atomic mass is 10.2. The van der Waals surface area contributed by atoms with E-state index in [-0.39, 0.29) is 37.0 Å². The number of nitrogens with zero attached hydrogens (tertiary/aromatic N) is 1. The van der Waals surface area contributed by atoms with Crippen molar-refractivity contribution in [2.45, 2.75) is 6.54 Å². The molecule has 0 radical (unpaired) electrons. The summed E-state index contributed by atoms with van der Waals surface area (Å²) in [6, 6.07) is 3.32. The van der Waals surface area contributed by atoms with Crippen LogP contribution in [0.4, 0.5) is 8.78 Å². The van der Waals surface area contributed by atoms with Gasteiger partial charge in [0.05, 0.1) is 13.2 Å². The molecule has 0 spiro atoms. The Morgan fingerprint density at radius 1 is 1.40 bits per heavy atom. The Bertz CT molecular complexity index is 433. The smallest absolute Gasteiger partial charge is 0.236 e. The van der Waals surface area contributed by atoms with Crippen molar-refractivity contribution in [1.29, 1.82) is 0 Å². The van der Waals surface area contributed by atoms with Crippen LogP contribution in [-0.4, -0.2) is 44.7 Å². The first-order valence-corrected chi connectivity index (χ1v) is 5.92. The molecule has 1 aromatic carbocycles. The fourth-order valence-corrected chi connectivity index (χ4v) is 1.50. The van der Waals surface area contributed by atoms with Crippen molar-refractivity contribution in [2.24, 2.45) is 0 Å². The van der Waals surface area contributed by atoms with Gasteiger partial charge in [-0.3, -0.25) is 4.79 Å². The van der Waals surface area contributed by atoms with E-state index in [2.05, 4.69) is 5.32 Å². The van der Waals surface area contributed by atoms with Gasteiger partial charge in [0.15, 0.2) is 0 Å². The predicted octanol–water partition coefficient (Wildman–Crippen LogP) is 1.58. The second-order valence-electron chi connectivity index (χ2n) is 4.16. The van der Waals surface area contributed by atoms with Gasteiger partial charge in [0.1, 0.15) is 11.6 Å². The van der Waals surface area contributed by atoms with Gasteiger partial charge in [0, 0.05) is 38.9 Å². The van der Waals surface area contributed by atoms with Gasteiger partial charge in [-0.15, -0.1) is 12.4 Å². The van der Waals surface area contributed by atoms with Gasteiger partial charge < -0.3 is 15.0 Å². The molecule has 1 aromatic rings.